The minimum atomic E-state index is -1.58. The van der Waals surface area contributed by atoms with Crippen molar-refractivity contribution in [1.82, 2.24) is 25.1 Å². The summed E-state index contributed by atoms with van der Waals surface area (Å²) in [6.07, 6.45) is 3.93. The van der Waals surface area contributed by atoms with E-state index in [-0.39, 0.29) is 5.95 Å². The molecule has 0 saturated carbocycles. The Morgan fingerprint density at radius 1 is 1.05 bits per heavy atom. The molecule has 9 nitrogen and oxygen atoms in total. The summed E-state index contributed by atoms with van der Waals surface area (Å²) in [7, 11) is 0.201. The van der Waals surface area contributed by atoms with Crippen LogP contribution in [0.4, 0.5) is 11.6 Å². The number of piperazine rings is 1. The molecule has 4 aromatic rings. The highest BCUT2D eigenvalue weighted by Gasteiger charge is 2.21. The fraction of sp³-hybridized carbons (Fsp3) is 0.321. The van der Waals surface area contributed by atoms with Crippen molar-refractivity contribution in [2.45, 2.75) is 32.1 Å². The predicted molar refractivity (Wildman–Crippen MR) is 151 cm³/mol. The molecule has 0 aliphatic carbocycles. The van der Waals surface area contributed by atoms with E-state index in [0.717, 1.165) is 54.1 Å². The smallest absolute Gasteiger partial charge is 0.238 e. The number of hydrogen-bond donors (Lipinski definition) is 2. The van der Waals surface area contributed by atoms with Gasteiger partial charge in [0.1, 0.15) is 5.75 Å². The van der Waals surface area contributed by atoms with Crippen LogP contribution in [0.2, 0.25) is 0 Å². The van der Waals surface area contributed by atoms with Gasteiger partial charge in [-0.15, -0.1) is 0 Å². The van der Waals surface area contributed by atoms with Gasteiger partial charge in [0.25, 0.3) is 0 Å². The van der Waals surface area contributed by atoms with Gasteiger partial charge in [-0.1, -0.05) is 25.1 Å². The summed E-state index contributed by atoms with van der Waals surface area (Å²) in [4.78, 5) is 12.4. The number of rotatable bonds is 8. The van der Waals surface area contributed by atoms with Gasteiger partial charge >= 0.3 is 0 Å². The van der Waals surface area contributed by atoms with E-state index in [1.54, 1.807) is 24.1 Å². The Balaban J connectivity index is 1.53. The van der Waals surface area contributed by atoms with Crippen molar-refractivity contribution in [3.63, 3.8) is 0 Å². The Hall–Kier alpha value is -3.76. The van der Waals surface area contributed by atoms with E-state index < -0.39 is 11.0 Å². The molecule has 1 saturated heterocycles. The van der Waals surface area contributed by atoms with E-state index in [9.17, 15) is 4.21 Å². The maximum atomic E-state index is 13.0. The van der Waals surface area contributed by atoms with Crippen LogP contribution in [0, 0.1) is 13.8 Å². The third-order valence-corrected chi connectivity index (χ3v) is 7.66. The first-order valence-electron chi connectivity index (χ1n) is 12.8. The minimum absolute atomic E-state index is 0.231. The molecular weight excluding hydrogens is 498 g/mol. The Morgan fingerprint density at radius 3 is 2.39 bits per heavy atom. The molecule has 1 atom stereocenters. The van der Waals surface area contributed by atoms with E-state index >= 15 is 0 Å². The topological polar surface area (TPSA) is 97.2 Å². The summed E-state index contributed by atoms with van der Waals surface area (Å²) in [6.45, 7) is 10.1. The molecule has 1 unspecified atom stereocenters. The Kier molecular flexibility index (Phi) is 7.71. The molecule has 2 N–H and O–H groups in total. The second-order valence-electron chi connectivity index (χ2n) is 9.35. The number of ether oxygens (including phenoxy) is 1. The van der Waals surface area contributed by atoms with Crippen molar-refractivity contribution < 1.29 is 8.95 Å². The van der Waals surface area contributed by atoms with Crippen LogP contribution in [0.1, 0.15) is 23.6 Å². The van der Waals surface area contributed by atoms with Gasteiger partial charge in [0.05, 0.1) is 16.8 Å². The van der Waals surface area contributed by atoms with Gasteiger partial charge in [-0.3, -0.25) is 9.40 Å². The number of anilines is 2. The van der Waals surface area contributed by atoms with Crippen LogP contribution in [0.15, 0.2) is 59.8 Å². The Morgan fingerprint density at radius 2 is 1.76 bits per heavy atom. The molecule has 5 rings (SSSR count). The van der Waals surface area contributed by atoms with Crippen LogP contribution < -0.4 is 19.7 Å². The van der Waals surface area contributed by atoms with Gasteiger partial charge in [-0.25, -0.2) is 9.19 Å². The fourth-order valence-corrected chi connectivity index (χ4v) is 5.47. The third kappa shape index (κ3) is 5.56. The maximum Gasteiger partial charge on any atom is 0.238 e. The van der Waals surface area contributed by atoms with Gasteiger partial charge < -0.3 is 15.0 Å². The average molecular weight is 532 g/mol. The quantitative estimate of drug-likeness (QED) is 0.348. The van der Waals surface area contributed by atoms with Crippen molar-refractivity contribution >= 4 is 22.6 Å². The first-order valence-corrected chi connectivity index (χ1v) is 14.0. The highest BCUT2D eigenvalue weighted by Crippen LogP contribution is 2.36. The molecule has 0 bridgehead atoms. The summed E-state index contributed by atoms with van der Waals surface area (Å²) >= 11 is 0. The minimum Gasteiger partial charge on any atom is -0.439 e. The maximum absolute atomic E-state index is 13.0. The van der Waals surface area contributed by atoms with Gasteiger partial charge in [0, 0.05) is 56.2 Å². The van der Waals surface area contributed by atoms with Crippen LogP contribution >= 0.6 is 0 Å². The van der Waals surface area contributed by atoms with Crippen molar-refractivity contribution in [2.75, 3.05) is 35.8 Å². The first-order chi connectivity index (χ1) is 18.4. The Labute approximate surface area is 225 Å². The van der Waals surface area contributed by atoms with E-state index in [0.29, 0.717) is 22.9 Å². The average Bonchev–Trinajstić information content (AvgIpc) is 3.36. The summed E-state index contributed by atoms with van der Waals surface area (Å²) in [5, 5.41) is 7.51. The lowest BCUT2D eigenvalue weighted by Gasteiger charge is -2.29. The van der Waals surface area contributed by atoms with Crippen molar-refractivity contribution in [3.05, 3.63) is 71.5 Å². The standard InChI is InChI=1S/C28H33N7O2S/c1-5-24-26(25-19(2)7-6-8-20(25)3)31-28(33-38(36)23-17-30-34(4)18-23)32-27(24)37-22-11-9-21(10-12-22)35-15-13-29-14-16-35/h6-12,17-18,29H,5,13-16H2,1-4H3,(H,31,32,33). The molecule has 1 fully saturated rings. The zero-order valence-electron chi connectivity index (χ0n) is 22.2. The summed E-state index contributed by atoms with van der Waals surface area (Å²) in [5.74, 6) is 1.36. The van der Waals surface area contributed by atoms with Crippen LogP contribution in [0.5, 0.6) is 11.6 Å². The highest BCUT2D eigenvalue weighted by atomic mass is 32.2. The molecule has 1 aliphatic rings. The summed E-state index contributed by atoms with van der Waals surface area (Å²) < 4.78 is 24.0. The Bertz CT molecular complexity index is 1430. The van der Waals surface area contributed by atoms with E-state index in [1.165, 1.54) is 5.69 Å². The lowest BCUT2D eigenvalue weighted by Crippen LogP contribution is -2.43. The largest absolute Gasteiger partial charge is 0.439 e. The molecule has 10 heteroatoms. The number of hydrogen-bond acceptors (Lipinski definition) is 7. The van der Waals surface area contributed by atoms with Crippen molar-refractivity contribution in [2.24, 2.45) is 7.05 Å². The number of nitrogens with one attached hydrogen (secondary N) is 2. The molecule has 2 aromatic carbocycles. The van der Waals surface area contributed by atoms with E-state index in [2.05, 4.69) is 70.1 Å². The lowest BCUT2D eigenvalue weighted by atomic mass is 9.96. The second-order valence-corrected chi connectivity index (χ2v) is 10.6. The molecule has 2 aromatic heterocycles. The zero-order valence-corrected chi connectivity index (χ0v) is 23.0. The van der Waals surface area contributed by atoms with Crippen LogP contribution in [-0.4, -0.2) is 50.1 Å². The molecule has 0 spiro atoms. The molecular formula is C28H33N7O2S. The van der Waals surface area contributed by atoms with Gasteiger partial charge in [-0.2, -0.15) is 10.1 Å². The van der Waals surface area contributed by atoms with Crippen LogP contribution in [0.3, 0.4) is 0 Å². The highest BCUT2D eigenvalue weighted by molar-refractivity contribution is 7.86. The number of benzene rings is 2. The van der Waals surface area contributed by atoms with E-state index in [1.807, 2.05) is 18.2 Å². The van der Waals surface area contributed by atoms with E-state index in [4.69, 9.17) is 9.72 Å². The van der Waals surface area contributed by atoms with Crippen LogP contribution in [-0.2, 0) is 24.5 Å². The summed E-state index contributed by atoms with van der Waals surface area (Å²) in [6, 6.07) is 14.3. The predicted octanol–water partition coefficient (Wildman–Crippen LogP) is 4.39. The number of aryl methyl sites for hydroxylation is 3. The van der Waals surface area contributed by atoms with Crippen molar-refractivity contribution in [3.8, 4) is 22.9 Å². The zero-order chi connectivity index (χ0) is 26.6. The number of nitrogens with zero attached hydrogens (tertiary/aromatic N) is 5. The van der Waals surface area contributed by atoms with Gasteiger partial charge in [-0.05, 0) is 55.7 Å². The molecule has 38 heavy (non-hydrogen) atoms. The van der Waals surface area contributed by atoms with Gasteiger partial charge in [0.2, 0.25) is 11.8 Å². The molecule has 0 amide bonds. The molecule has 0 radical (unpaired) electrons. The first kappa shape index (κ1) is 25.9. The normalized spacial score (nSPS) is 14.4. The van der Waals surface area contributed by atoms with Crippen LogP contribution in [0.25, 0.3) is 11.3 Å². The lowest BCUT2D eigenvalue weighted by molar-refractivity contribution is 0.456. The SMILES string of the molecule is CCc1c(Oc2ccc(N3CCNCC3)cc2)nc(NS(=O)c2cnn(C)c2)nc1-c1c(C)cccc1C. The summed E-state index contributed by atoms with van der Waals surface area (Å²) in [5.41, 5.74) is 6.07. The van der Waals surface area contributed by atoms with Gasteiger partial charge in [0.15, 0.2) is 11.0 Å². The van der Waals surface area contributed by atoms with Crippen molar-refractivity contribution in [1.29, 1.82) is 0 Å². The number of aromatic nitrogens is 4. The molecule has 3 heterocycles. The molecule has 1 aliphatic heterocycles. The molecule has 198 valence electrons. The third-order valence-electron chi connectivity index (χ3n) is 6.65. The monoisotopic (exact) mass is 531 g/mol. The fourth-order valence-electron chi connectivity index (χ4n) is 4.70. The second kappa shape index (κ2) is 11.3.